The molecule has 302 valence electrons. The minimum atomic E-state index is -5.09. The SMILES string of the molecule is CCCCCN(CC(=O)N[C@@H](CC(C)C)C(=O)N[C@@H](Cc1cnc[nH]1)C(=O)N[C@@H](CO)C(=O)N[C@H](C(N)=O)[C@@H](C)OP(=O)(O)O)C(=O)CCOC(C)C. The number of aliphatic hydroxyl groups is 1. The predicted molar refractivity (Wildman–Crippen MR) is 190 cm³/mol. The maximum Gasteiger partial charge on any atom is 0.469 e. The van der Waals surface area contributed by atoms with E-state index in [-0.39, 0.29) is 50.3 Å². The second kappa shape index (κ2) is 23.7. The van der Waals surface area contributed by atoms with Crippen molar-refractivity contribution in [2.75, 3.05) is 26.3 Å². The van der Waals surface area contributed by atoms with E-state index in [0.29, 0.717) is 18.7 Å². The number of nitrogens with zero attached hydrogens (tertiary/aromatic N) is 2. The smallest absolute Gasteiger partial charge is 0.394 e. The van der Waals surface area contributed by atoms with Crippen LogP contribution in [0.25, 0.3) is 0 Å². The molecular formula is C32H57N8O12P. The van der Waals surface area contributed by atoms with Crippen LogP contribution in [-0.2, 0) is 49.0 Å². The van der Waals surface area contributed by atoms with E-state index in [2.05, 4.69) is 35.8 Å². The van der Waals surface area contributed by atoms with E-state index < -0.39 is 74.2 Å². The zero-order chi connectivity index (χ0) is 40.3. The molecule has 0 aliphatic carbocycles. The first kappa shape index (κ1) is 47.1. The molecule has 6 amide bonds. The Hall–Kier alpha value is -3.94. The van der Waals surface area contributed by atoms with Gasteiger partial charge in [0, 0.05) is 24.9 Å². The fourth-order valence-electron chi connectivity index (χ4n) is 5.02. The lowest BCUT2D eigenvalue weighted by Crippen LogP contribution is -2.60. The number of unbranched alkanes of at least 4 members (excludes halogenated alkanes) is 2. The Morgan fingerprint density at radius 3 is 2.09 bits per heavy atom. The number of carbonyl (C=O) groups excluding carboxylic acids is 6. The van der Waals surface area contributed by atoms with Gasteiger partial charge in [-0.1, -0.05) is 33.6 Å². The van der Waals surface area contributed by atoms with Crippen LogP contribution in [0.1, 0.15) is 79.3 Å². The van der Waals surface area contributed by atoms with Crippen molar-refractivity contribution < 1.29 is 57.5 Å². The van der Waals surface area contributed by atoms with Gasteiger partial charge in [-0.2, -0.15) is 0 Å². The van der Waals surface area contributed by atoms with Crippen molar-refractivity contribution in [3.63, 3.8) is 0 Å². The minimum absolute atomic E-state index is 0.0678. The van der Waals surface area contributed by atoms with Gasteiger partial charge in [0.05, 0.1) is 44.7 Å². The summed E-state index contributed by atoms with van der Waals surface area (Å²) in [6, 6.07) is -6.03. The molecule has 1 aromatic rings. The third kappa shape index (κ3) is 19.1. The maximum atomic E-state index is 13.7. The Labute approximate surface area is 309 Å². The summed E-state index contributed by atoms with van der Waals surface area (Å²) in [6.45, 7) is 9.65. The quantitative estimate of drug-likeness (QED) is 0.0393. The molecule has 1 heterocycles. The first-order valence-electron chi connectivity index (χ1n) is 17.5. The standard InChI is InChI=1S/C32H57N8O12P/c1-7-8-9-11-40(27(43)10-12-51-20(4)5)16-26(42)36-23(13-19(2)3)30(45)37-24(14-22-15-34-18-35-22)31(46)38-25(17-41)32(47)39-28(29(33)44)21(6)52-53(48,49)50/h15,18-21,23-25,28,41H,7-14,16-17H2,1-6H3,(H2,33,44)(H,34,35)(H,36,42)(H,37,45)(H,38,46)(H,39,47)(H2,48,49,50)/t21-,23+,24+,25+,28+/m1/s1. The lowest BCUT2D eigenvalue weighted by molar-refractivity contribution is -0.138. The molecule has 1 rings (SSSR count). The number of carbonyl (C=O) groups is 6. The summed E-state index contributed by atoms with van der Waals surface area (Å²) in [5, 5.41) is 19.6. The first-order chi connectivity index (χ1) is 24.8. The van der Waals surface area contributed by atoms with Crippen LogP contribution in [0.4, 0.5) is 0 Å². The van der Waals surface area contributed by atoms with Crippen molar-refractivity contribution in [2.24, 2.45) is 11.7 Å². The molecule has 0 saturated carbocycles. The number of imidazole rings is 1. The number of aromatic amines is 1. The van der Waals surface area contributed by atoms with Crippen molar-refractivity contribution in [1.29, 1.82) is 0 Å². The van der Waals surface area contributed by atoms with E-state index in [1.54, 1.807) is 0 Å². The Balaban J connectivity index is 3.19. The zero-order valence-electron chi connectivity index (χ0n) is 31.2. The van der Waals surface area contributed by atoms with Gasteiger partial charge in [-0.3, -0.25) is 33.3 Å². The number of nitrogens with one attached hydrogen (secondary N) is 5. The number of rotatable bonds is 26. The second-order valence-corrected chi connectivity index (χ2v) is 14.4. The van der Waals surface area contributed by atoms with E-state index in [1.165, 1.54) is 17.4 Å². The van der Waals surface area contributed by atoms with Gasteiger partial charge in [0.2, 0.25) is 35.4 Å². The molecule has 0 saturated heterocycles. The van der Waals surface area contributed by atoms with Crippen LogP contribution in [-0.4, -0.2) is 128 Å². The molecule has 0 fully saturated rings. The monoisotopic (exact) mass is 776 g/mol. The fraction of sp³-hybridized carbons (Fsp3) is 0.719. The lowest BCUT2D eigenvalue weighted by Gasteiger charge is -2.28. The Kier molecular flexibility index (Phi) is 21.0. The van der Waals surface area contributed by atoms with E-state index >= 15 is 0 Å². The van der Waals surface area contributed by atoms with Gasteiger partial charge in [-0.15, -0.1) is 0 Å². The van der Waals surface area contributed by atoms with Gasteiger partial charge in [0.15, 0.2) is 0 Å². The summed E-state index contributed by atoms with van der Waals surface area (Å²) < 4.78 is 21.2. The third-order valence-corrected chi connectivity index (χ3v) is 8.26. The molecule has 0 spiro atoms. The second-order valence-electron chi connectivity index (χ2n) is 13.2. The number of H-pyrrole nitrogens is 1. The molecule has 0 aliphatic rings. The molecule has 0 unspecified atom stereocenters. The number of phosphoric acid groups is 1. The number of nitrogens with two attached hydrogens (primary N) is 1. The molecule has 0 aromatic carbocycles. The third-order valence-electron chi connectivity index (χ3n) is 7.65. The van der Waals surface area contributed by atoms with Crippen LogP contribution in [0.2, 0.25) is 0 Å². The van der Waals surface area contributed by atoms with Crippen LogP contribution in [0.5, 0.6) is 0 Å². The molecule has 53 heavy (non-hydrogen) atoms. The number of hydrogen-bond acceptors (Lipinski definition) is 11. The van der Waals surface area contributed by atoms with Crippen molar-refractivity contribution in [3.8, 4) is 0 Å². The molecule has 21 heteroatoms. The summed E-state index contributed by atoms with van der Waals surface area (Å²) >= 11 is 0. The van der Waals surface area contributed by atoms with Gasteiger partial charge in [0.25, 0.3) is 0 Å². The summed E-state index contributed by atoms with van der Waals surface area (Å²) in [6.07, 6.45) is 3.56. The van der Waals surface area contributed by atoms with Gasteiger partial charge < -0.3 is 56.5 Å². The summed E-state index contributed by atoms with van der Waals surface area (Å²) in [5.74, 6) is -5.04. The number of aromatic nitrogens is 2. The molecule has 1 aromatic heterocycles. The van der Waals surface area contributed by atoms with Crippen LogP contribution in [0, 0.1) is 5.92 Å². The van der Waals surface area contributed by atoms with Crippen molar-refractivity contribution >= 4 is 43.3 Å². The zero-order valence-corrected chi connectivity index (χ0v) is 32.1. The van der Waals surface area contributed by atoms with Crippen LogP contribution < -0.4 is 27.0 Å². The number of ether oxygens (including phenoxy) is 1. The topological polar surface area (TPSA) is 305 Å². The fourth-order valence-corrected chi connectivity index (χ4v) is 5.57. The molecule has 0 bridgehead atoms. The average Bonchev–Trinajstić information content (AvgIpc) is 3.56. The number of aliphatic hydroxyl groups excluding tert-OH is 1. The summed E-state index contributed by atoms with van der Waals surface area (Å²) in [7, 11) is -5.09. The van der Waals surface area contributed by atoms with E-state index in [0.717, 1.165) is 19.8 Å². The maximum absolute atomic E-state index is 13.7. The Morgan fingerprint density at radius 1 is 0.943 bits per heavy atom. The predicted octanol–water partition coefficient (Wildman–Crippen LogP) is -1.25. The first-order valence-corrected chi connectivity index (χ1v) is 19.0. The van der Waals surface area contributed by atoms with Gasteiger partial charge >= 0.3 is 7.82 Å². The molecule has 5 atom stereocenters. The van der Waals surface area contributed by atoms with E-state index in [1.807, 2.05) is 34.6 Å². The summed E-state index contributed by atoms with van der Waals surface area (Å²) in [5.41, 5.74) is 5.68. The van der Waals surface area contributed by atoms with Gasteiger partial charge in [-0.05, 0) is 39.5 Å². The minimum Gasteiger partial charge on any atom is -0.394 e. The molecule has 20 nitrogen and oxygen atoms in total. The largest absolute Gasteiger partial charge is 0.469 e. The summed E-state index contributed by atoms with van der Waals surface area (Å²) in [4.78, 5) is 105. The van der Waals surface area contributed by atoms with E-state index in [9.17, 15) is 38.4 Å². The van der Waals surface area contributed by atoms with Crippen molar-refractivity contribution in [1.82, 2.24) is 36.1 Å². The van der Waals surface area contributed by atoms with Crippen molar-refractivity contribution in [2.45, 2.75) is 116 Å². The van der Waals surface area contributed by atoms with Crippen LogP contribution in [0.15, 0.2) is 12.5 Å². The number of amides is 6. The van der Waals surface area contributed by atoms with Gasteiger partial charge in [-0.25, -0.2) is 9.55 Å². The highest BCUT2D eigenvalue weighted by Gasteiger charge is 2.35. The highest BCUT2D eigenvalue weighted by molar-refractivity contribution is 7.46. The number of hydrogen-bond donors (Lipinski definition) is 9. The highest BCUT2D eigenvalue weighted by Crippen LogP contribution is 2.38. The highest BCUT2D eigenvalue weighted by atomic mass is 31.2. The Bertz CT molecular complexity index is 1370. The average molecular weight is 777 g/mol. The number of primary amides is 1. The van der Waals surface area contributed by atoms with Crippen molar-refractivity contribution in [3.05, 3.63) is 18.2 Å². The molecule has 0 radical (unpaired) electrons. The Morgan fingerprint density at radius 2 is 1.57 bits per heavy atom. The van der Waals surface area contributed by atoms with Gasteiger partial charge in [0.1, 0.15) is 24.2 Å². The normalized spacial score (nSPS) is 14.5. The lowest BCUT2D eigenvalue weighted by atomic mass is 10.0. The molecular weight excluding hydrogens is 719 g/mol. The van der Waals surface area contributed by atoms with Crippen LogP contribution >= 0.6 is 7.82 Å². The molecule has 10 N–H and O–H groups in total. The molecule has 0 aliphatic heterocycles. The van der Waals surface area contributed by atoms with E-state index in [4.69, 9.17) is 20.3 Å². The number of phosphoric ester groups is 1. The van der Waals surface area contributed by atoms with Crippen LogP contribution in [0.3, 0.4) is 0 Å².